The van der Waals surface area contributed by atoms with Gasteiger partial charge in [-0.1, -0.05) is 52.5 Å². The Hall–Kier alpha value is -1.000. The molecule has 0 saturated carbocycles. The van der Waals surface area contributed by atoms with Crippen LogP contribution in [0.15, 0.2) is 30.3 Å². The van der Waals surface area contributed by atoms with Crippen LogP contribution in [0.4, 0.5) is 5.69 Å². The standard InChI is InChI=1S/C12H5Cl4NO2/c13-8-2-1-6(3-9(8)14)7-4-10(15)12(16)11(5-7)17(18)19/h1-5H. The van der Waals surface area contributed by atoms with Gasteiger partial charge in [-0.2, -0.15) is 0 Å². The maximum atomic E-state index is 10.9. The molecule has 98 valence electrons. The van der Waals surface area contributed by atoms with Crippen LogP contribution in [-0.4, -0.2) is 4.92 Å². The fourth-order valence-corrected chi connectivity index (χ4v) is 2.24. The zero-order valence-electron chi connectivity index (χ0n) is 9.16. The summed E-state index contributed by atoms with van der Waals surface area (Å²) in [7, 11) is 0. The molecule has 0 aliphatic rings. The van der Waals surface area contributed by atoms with Crippen LogP contribution in [0.25, 0.3) is 11.1 Å². The summed E-state index contributed by atoms with van der Waals surface area (Å²) in [6, 6.07) is 7.78. The molecule has 2 aromatic rings. The number of hydrogen-bond donors (Lipinski definition) is 0. The molecule has 2 aromatic carbocycles. The van der Waals surface area contributed by atoms with Crippen LogP contribution in [0.3, 0.4) is 0 Å². The first-order valence-corrected chi connectivity index (χ1v) is 6.50. The van der Waals surface area contributed by atoms with E-state index in [0.29, 0.717) is 21.2 Å². The van der Waals surface area contributed by atoms with Crippen molar-refractivity contribution < 1.29 is 4.92 Å². The molecule has 0 radical (unpaired) electrons. The molecule has 7 heteroatoms. The summed E-state index contributed by atoms with van der Waals surface area (Å²) in [4.78, 5) is 10.3. The molecule has 0 N–H and O–H groups in total. The molecule has 0 aliphatic heterocycles. The molecular weight excluding hydrogens is 332 g/mol. The lowest BCUT2D eigenvalue weighted by Gasteiger charge is -2.06. The molecule has 0 heterocycles. The number of benzene rings is 2. The normalized spacial score (nSPS) is 10.5. The lowest BCUT2D eigenvalue weighted by Crippen LogP contribution is -1.91. The highest BCUT2D eigenvalue weighted by molar-refractivity contribution is 6.44. The quantitative estimate of drug-likeness (QED) is 0.508. The molecule has 0 aliphatic carbocycles. The first-order valence-electron chi connectivity index (χ1n) is 4.99. The third-order valence-corrected chi connectivity index (χ3v) is 3.99. The van der Waals surface area contributed by atoms with E-state index < -0.39 is 4.92 Å². The second-order valence-corrected chi connectivity index (χ2v) is 5.28. The van der Waals surface area contributed by atoms with Crippen molar-refractivity contribution in [3.05, 3.63) is 60.5 Å². The Morgan fingerprint density at radius 2 is 1.47 bits per heavy atom. The minimum absolute atomic E-state index is 0.0875. The van der Waals surface area contributed by atoms with Gasteiger partial charge in [-0.15, -0.1) is 0 Å². The predicted molar refractivity (Wildman–Crippen MR) is 78.6 cm³/mol. The molecule has 0 unspecified atom stereocenters. The fraction of sp³-hybridized carbons (Fsp3) is 0. The summed E-state index contributed by atoms with van der Waals surface area (Å²) >= 11 is 23.4. The van der Waals surface area contributed by atoms with Gasteiger partial charge in [-0.05, 0) is 29.3 Å². The average molecular weight is 337 g/mol. The number of halogens is 4. The Kier molecular flexibility index (Phi) is 4.21. The van der Waals surface area contributed by atoms with Crippen molar-refractivity contribution in [3.63, 3.8) is 0 Å². The van der Waals surface area contributed by atoms with Crippen LogP contribution < -0.4 is 0 Å². The molecule has 0 saturated heterocycles. The SMILES string of the molecule is O=[N+]([O-])c1cc(-c2ccc(Cl)c(Cl)c2)cc(Cl)c1Cl. The summed E-state index contributed by atoms with van der Waals surface area (Å²) in [6.45, 7) is 0. The molecule has 2 rings (SSSR count). The second kappa shape index (κ2) is 5.55. The molecule has 0 bridgehead atoms. The Morgan fingerprint density at radius 3 is 2.05 bits per heavy atom. The van der Waals surface area contributed by atoms with E-state index in [2.05, 4.69) is 0 Å². The van der Waals surface area contributed by atoms with Crippen molar-refractivity contribution in [3.8, 4) is 11.1 Å². The van der Waals surface area contributed by atoms with E-state index >= 15 is 0 Å². The predicted octanol–water partition coefficient (Wildman–Crippen LogP) is 5.88. The van der Waals surface area contributed by atoms with E-state index in [-0.39, 0.29) is 15.7 Å². The van der Waals surface area contributed by atoms with Crippen LogP contribution >= 0.6 is 46.4 Å². The topological polar surface area (TPSA) is 43.1 Å². The second-order valence-electron chi connectivity index (χ2n) is 3.68. The van der Waals surface area contributed by atoms with Gasteiger partial charge in [-0.3, -0.25) is 10.1 Å². The van der Waals surface area contributed by atoms with Crippen LogP contribution in [0, 0.1) is 10.1 Å². The molecule has 0 fully saturated rings. The van der Waals surface area contributed by atoms with E-state index in [9.17, 15) is 10.1 Å². The molecule has 3 nitrogen and oxygen atoms in total. The smallest absolute Gasteiger partial charge is 0.258 e. The number of hydrogen-bond acceptors (Lipinski definition) is 2. The number of nitro groups is 1. The van der Waals surface area contributed by atoms with Gasteiger partial charge in [0, 0.05) is 6.07 Å². The van der Waals surface area contributed by atoms with Crippen LogP contribution in [0.5, 0.6) is 0 Å². The van der Waals surface area contributed by atoms with Gasteiger partial charge >= 0.3 is 0 Å². The van der Waals surface area contributed by atoms with E-state index in [1.54, 1.807) is 18.2 Å². The minimum atomic E-state index is -0.588. The lowest BCUT2D eigenvalue weighted by molar-refractivity contribution is -0.384. The van der Waals surface area contributed by atoms with Gasteiger partial charge < -0.3 is 0 Å². The zero-order chi connectivity index (χ0) is 14.2. The van der Waals surface area contributed by atoms with Gasteiger partial charge in [0.25, 0.3) is 5.69 Å². The van der Waals surface area contributed by atoms with E-state index in [1.165, 1.54) is 12.1 Å². The van der Waals surface area contributed by atoms with E-state index in [1.807, 2.05) is 0 Å². The number of nitro benzene ring substituents is 1. The zero-order valence-corrected chi connectivity index (χ0v) is 12.2. The van der Waals surface area contributed by atoms with Crippen molar-refractivity contribution >= 4 is 52.1 Å². The Balaban J connectivity index is 2.62. The van der Waals surface area contributed by atoms with Crippen molar-refractivity contribution in [1.82, 2.24) is 0 Å². The largest absolute Gasteiger partial charge is 0.290 e. The first kappa shape index (κ1) is 14.4. The lowest BCUT2D eigenvalue weighted by atomic mass is 10.1. The van der Waals surface area contributed by atoms with Gasteiger partial charge in [-0.25, -0.2) is 0 Å². The molecule has 0 aromatic heterocycles. The highest BCUT2D eigenvalue weighted by atomic mass is 35.5. The van der Waals surface area contributed by atoms with Gasteiger partial charge in [0.1, 0.15) is 5.02 Å². The Labute approximate surface area is 128 Å². The molecule has 19 heavy (non-hydrogen) atoms. The molecule has 0 atom stereocenters. The molecule has 0 spiro atoms. The third kappa shape index (κ3) is 2.95. The molecular formula is C12H5Cl4NO2. The Bertz CT molecular complexity index is 673. The average Bonchev–Trinajstić information content (AvgIpc) is 2.35. The highest BCUT2D eigenvalue weighted by Crippen LogP contribution is 2.37. The van der Waals surface area contributed by atoms with Crippen molar-refractivity contribution in [1.29, 1.82) is 0 Å². The van der Waals surface area contributed by atoms with Crippen LogP contribution in [0.2, 0.25) is 20.1 Å². The van der Waals surface area contributed by atoms with Gasteiger partial charge in [0.05, 0.1) is 20.0 Å². The monoisotopic (exact) mass is 335 g/mol. The summed E-state index contributed by atoms with van der Waals surface area (Å²) in [6.07, 6.45) is 0. The van der Waals surface area contributed by atoms with Crippen LogP contribution in [0.1, 0.15) is 0 Å². The van der Waals surface area contributed by atoms with Gasteiger partial charge in [0.2, 0.25) is 0 Å². The highest BCUT2D eigenvalue weighted by Gasteiger charge is 2.18. The summed E-state index contributed by atoms with van der Waals surface area (Å²) in [5.41, 5.74) is 0.950. The maximum absolute atomic E-state index is 10.9. The summed E-state index contributed by atoms with van der Waals surface area (Å²) in [5.74, 6) is 0. The van der Waals surface area contributed by atoms with Gasteiger partial charge in [0.15, 0.2) is 0 Å². The maximum Gasteiger partial charge on any atom is 0.290 e. The Morgan fingerprint density at radius 1 is 0.842 bits per heavy atom. The van der Waals surface area contributed by atoms with E-state index in [0.717, 1.165) is 0 Å². The first-order chi connectivity index (χ1) is 8.90. The van der Waals surface area contributed by atoms with Crippen molar-refractivity contribution in [2.45, 2.75) is 0 Å². The third-order valence-electron chi connectivity index (χ3n) is 2.46. The number of rotatable bonds is 2. The summed E-state index contributed by atoms with van der Waals surface area (Å²) in [5, 5.41) is 11.7. The minimum Gasteiger partial charge on any atom is -0.258 e. The fourth-order valence-electron chi connectivity index (χ4n) is 1.55. The summed E-state index contributed by atoms with van der Waals surface area (Å²) < 4.78 is 0. The van der Waals surface area contributed by atoms with Crippen LogP contribution in [-0.2, 0) is 0 Å². The van der Waals surface area contributed by atoms with E-state index in [4.69, 9.17) is 46.4 Å². The number of nitrogens with zero attached hydrogens (tertiary/aromatic N) is 1. The molecule has 0 amide bonds. The van der Waals surface area contributed by atoms with Crippen molar-refractivity contribution in [2.75, 3.05) is 0 Å². The van der Waals surface area contributed by atoms with Crippen molar-refractivity contribution in [2.24, 2.45) is 0 Å².